The molecule has 230 valence electrons. The van der Waals surface area contributed by atoms with Gasteiger partial charge in [-0.15, -0.1) is 0 Å². The van der Waals surface area contributed by atoms with Gasteiger partial charge in [-0.2, -0.15) is 0 Å². The van der Waals surface area contributed by atoms with Crippen molar-refractivity contribution in [3.05, 3.63) is 176 Å². The van der Waals surface area contributed by atoms with E-state index in [2.05, 4.69) is 169 Å². The third kappa shape index (κ3) is 3.92. The fraction of sp³-hybridized carbons (Fsp3) is 0. The van der Waals surface area contributed by atoms with E-state index in [0.29, 0.717) is 0 Å². The Morgan fingerprint density at radius 2 is 0.580 bits per heavy atom. The Morgan fingerprint density at radius 3 is 1.00 bits per heavy atom. The maximum Gasteiger partial charge on any atom is 0.0346 e. The zero-order chi connectivity index (χ0) is 32.8. The quantitative estimate of drug-likeness (QED) is 0.188. The van der Waals surface area contributed by atoms with Crippen molar-refractivity contribution in [1.29, 1.82) is 0 Å². The summed E-state index contributed by atoms with van der Waals surface area (Å²) in [5, 5.41) is 5.33. The van der Waals surface area contributed by atoms with Gasteiger partial charge in [-0.1, -0.05) is 158 Å². The van der Waals surface area contributed by atoms with Crippen LogP contribution in [-0.2, 0) is 0 Å². The van der Waals surface area contributed by atoms with Crippen LogP contribution >= 0.6 is 0 Å². The summed E-state index contributed by atoms with van der Waals surface area (Å²) in [5.74, 6) is 0. The van der Waals surface area contributed by atoms with Gasteiger partial charge >= 0.3 is 0 Å². The zero-order valence-electron chi connectivity index (χ0n) is 27.2. The summed E-state index contributed by atoms with van der Waals surface area (Å²) in [5.41, 5.74) is 20.2. The topological polar surface area (TPSA) is 12.9 Å². The molecule has 0 aliphatic heterocycles. The average Bonchev–Trinajstić information content (AvgIpc) is 3.70. The molecule has 50 heavy (non-hydrogen) atoms. The third-order valence-electron chi connectivity index (χ3n) is 10.9. The molecule has 0 spiro atoms. The van der Waals surface area contributed by atoms with Gasteiger partial charge in [0.1, 0.15) is 0 Å². The number of nitrogens with zero attached hydrogens (tertiary/aromatic N) is 1. The monoisotopic (exact) mass is 631 g/mol. The first-order valence-electron chi connectivity index (χ1n) is 17.3. The van der Waals surface area contributed by atoms with Crippen molar-refractivity contribution in [2.24, 2.45) is 0 Å². The van der Waals surface area contributed by atoms with E-state index in [0.717, 1.165) is 22.3 Å². The highest BCUT2D eigenvalue weighted by Crippen LogP contribution is 2.50. The molecular weight excluding hydrogens is 603 g/mol. The smallest absolute Gasteiger partial charge is 0.0346 e. The van der Waals surface area contributed by atoms with Crippen molar-refractivity contribution in [2.45, 2.75) is 0 Å². The summed E-state index contributed by atoms with van der Waals surface area (Å²) in [6.45, 7) is 0. The second-order valence-corrected chi connectivity index (χ2v) is 13.5. The molecule has 0 amide bonds. The predicted molar refractivity (Wildman–Crippen MR) is 210 cm³/mol. The van der Waals surface area contributed by atoms with E-state index in [1.54, 1.807) is 0 Å². The van der Waals surface area contributed by atoms with Gasteiger partial charge in [0.05, 0.1) is 0 Å². The lowest BCUT2D eigenvalue weighted by atomic mass is 9.92. The van der Waals surface area contributed by atoms with Crippen LogP contribution in [0.15, 0.2) is 176 Å². The molecule has 0 unspecified atom stereocenters. The predicted octanol–water partition coefficient (Wildman–Crippen LogP) is 13.4. The zero-order valence-corrected chi connectivity index (χ0v) is 27.2. The number of fused-ring (bicyclic) bond motifs is 6. The maximum atomic E-state index is 4.67. The summed E-state index contributed by atoms with van der Waals surface area (Å²) < 4.78 is 0. The first-order chi connectivity index (χ1) is 24.8. The van der Waals surface area contributed by atoms with Crippen LogP contribution in [0, 0.1) is 0 Å². The lowest BCUT2D eigenvalue weighted by Gasteiger charge is -2.12. The summed E-state index contributed by atoms with van der Waals surface area (Å²) in [6.07, 6.45) is 3.93. The Bertz CT molecular complexity index is 2590. The molecule has 1 aromatic heterocycles. The SMILES string of the molecule is c1ccc2c(c1)-c1cccc3c(-c4ccc(-c5cncc(-c6ccc(-c7ccc8c9c(cccc79)-c7ccccc7-8)cc6)c5)cc4)ccc-2c13. The lowest BCUT2D eigenvalue weighted by Crippen LogP contribution is -1.87. The molecule has 0 fully saturated rings. The van der Waals surface area contributed by atoms with E-state index in [1.165, 1.54) is 88.3 Å². The van der Waals surface area contributed by atoms with Crippen LogP contribution in [0.4, 0.5) is 0 Å². The van der Waals surface area contributed by atoms with E-state index >= 15 is 0 Å². The molecule has 1 heterocycles. The molecule has 8 aromatic carbocycles. The van der Waals surface area contributed by atoms with Crippen LogP contribution in [-0.4, -0.2) is 4.98 Å². The number of rotatable bonds is 4. The minimum absolute atomic E-state index is 1.11. The summed E-state index contributed by atoms with van der Waals surface area (Å²) >= 11 is 0. The second kappa shape index (κ2) is 10.5. The maximum absolute atomic E-state index is 4.67. The number of benzene rings is 8. The van der Waals surface area contributed by atoms with Gasteiger partial charge in [0.2, 0.25) is 0 Å². The van der Waals surface area contributed by atoms with Crippen LogP contribution in [0.3, 0.4) is 0 Å². The third-order valence-corrected chi connectivity index (χ3v) is 10.9. The molecule has 0 saturated carbocycles. The van der Waals surface area contributed by atoms with E-state index in [9.17, 15) is 0 Å². The number of pyridine rings is 1. The molecule has 1 heteroatoms. The van der Waals surface area contributed by atoms with Crippen LogP contribution in [0.1, 0.15) is 0 Å². The van der Waals surface area contributed by atoms with Crippen LogP contribution in [0.25, 0.3) is 111 Å². The Hall–Kier alpha value is -6.57. The van der Waals surface area contributed by atoms with Crippen molar-refractivity contribution < 1.29 is 0 Å². The normalized spacial score (nSPS) is 12.0. The summed E-state index contributed by atoms with van der Waals surface area (Å²) in [6, 6.07) is 60.2. The van der Waals surface area contributed by atoms with Gasteiger partial charge in [0.15, 0.2) is 0 Å². The lowest BCUT2D eigenvalue weighted by molar-refractivity contribution is 1.33. The van der Waals surface area contributed by atoms with E-state index in [4.69, 9.17) is 0 Å². The fourth-order valence-corrected chi connectivity index (χ4v) is 8.56. The van der Waals surface area contributed by atoms with Crippen molar-refractivity contribution in [2.75, 3.05) is 0 Å². The number of hydrogen-bond acceptors (Lipinski definition) is 1. The number of aromatic nitrogens is 1. The molecule has 2 aliphatic rings. The highest BCUT2D eigenvalue weighted by Gasteiger charge is 2.23. The van der Waals surface area contributed by atoms with E-state index in [1.807, 2.05) is 12.4 Å². The highest BCUT2D eigenvalue weighted by molar-refractivity contribution is 6.19. The van der Waals surface area contributed by atoms with Crippen molar-refractivity contribution in [3.8, 4) is 89.0 Å². The Balaban J connectivity index is 0.906. The molecule has 0 bridgehead atoms. The minimum atomic E-state index is 1.11. The minimum Gasteiger partial charge on any atom is -0.263 e. The first-order valence-corrected chi connectivity index (χ1v) is 17.3. The van der Waals surface area contributed by atoms with Crippen LogP contribution in [0.5, 0.6) is 0 Å². The Kier molecular flexibility index (Phi) is 5.73. The number of hydrogen-bond donors (Lipinski definition) is 0. The summed E-state index contributed by atoms with van der Waals surface area (Å²) in [7, 11) is 0. The molecular formula is C49H29N. The fourth-order valence-electron chi connectivity index (χ4n) is 8.56. The molecule has 0 saturated heterocycles. The Morgan fingerprint density at radius 1 is 0.240 bits per heavy atom. The van der Waals surface area contributed by atoms with Crippen molar-refractivity contribution >= 4 is 21.5 Å². The standard InChI is InChI=1S/C49H29N/c1-3-9-40-38(7-1)44-13-5-11-42-36(23-25-46(40)48(42)44)32-19-15-30(16-20-32)34-27-35(29-50-28-34)31-17-21-33(22-18-31)37-24-26-47-41-10-4-2-8-39(41)45-14-6-12-43(37)49(45)47/h1-29H. The molecule has 0 atom stereocenters. The molecule has 9 aromatic rings. The van der Waals surface area contributed by atoms with Crippen LogP contribution < -0.4 is 0 Å². The van der Waals surface area contributed by atoms with Crippen molar-refractivity contribution in [1.82, 2.24) is 4.98 Å². The first kappa shape index (κ1) is 27.4. The molecule has 2 aliphatic carbocycles. The Labute approximate surface area is 290 Å². The highest BCUT2D eigenvalue weighted by atomic mass is 14.6. The second-order valence-electron chi connectivity index (χ2n) is 13.5. The summed E-state index contributed by atoms with van der Waals surface area (Å²) in [4.78, 5) is 4.67. The molecule has 0 N–H and O–H groups in total. The average molecular weight is 632 g/mol. The van der Waals surface area contributed by atoms with Gasteiger partial charge in [-0.05, 0) is 105 Å². The largest absolute Gasteiger partial charge is 0.263 e. The molecule has 0 radical (unpaired) electrons. The molecule has 11 rings (SSSR count). The van der Waals surface area contributed by atoms with Gasteiger partial charge < -0.3 is 0 Å². The van der Waals surface area contributed by atoms with Gasteiger partial charge in [-0.3, -0.25) is 4.98 Å². The van der Waals surface area contributed by atoms with E-state index in [-0.39, 0.29) is 0 Å². The van der Waals surface area contributed by atoms with Gasteiger partial charge in [0.25, 0.3) is 0 Å². The van der Waals surface area contributed by atoms with Gasteiger partial charge in [0, 0.05) is 23.5 Å². The van der Waals surface area contributed by atoms with Gasteiger partial charge in [-0.25, -0.2) is 0 Å². The molecule has 1 nitrogen and oxygen atoms in total. The van der Waals surface area contributed by atoms with E-state index < -0.39 is 0 Å². The van der Waals surface area contributed by atoms with Crippen molar-refractivity contribution in [3.63, 3.8) is 0 Å². The van der Waals surface area contributed by atoms with Crippen LogP contribution in [0.2, 0.25) is 0 Å².